The number of hydrogen-bond donors (Lipinski definition) is 1. The molecule has 0 unspecified atom stereocenters. The first kappa shape index (κ1) is 22.9. The first-order valence-electron chi connectivity index (χ1n) is 12.8. The molecule has 9 nitrogen and oxygen atoms in total. The van der Waals surface area contributed by atoms with Gasteiger partial charge in [-0.3, -0.25) is 4.57 Å². The van der Waals surface area contributed by atoms with E-state index >= 15 is 0 Å². The van der Waals surface area contributed by atoms with Crippen LogP contribution >= 0.6 is 11.6 Å². The molecule has 3 fully saturated rings. The van der Waals surface area contributed by atoms with Gasteiger partial charge in [-0.25, -0.2) is 4.98 Å². The maximum absolute atomic E-state index is 9.92. The van der Waals surface area contributed by atoms with Crippen LogP contribution in [0.25, 0.3) is 11.2 Å². The Bertz CT molecular complexity index is 1320. The van der Waals surface area contributed by atoms with Crippen LogP contribution in [0.5, 0.6) is 0 Å². The Hall–Kier alpha value is -2.30. The summed E-state index contributed by atoms with van der Waals surface area (Å²) in [6, 6.07) is 8.64. The van der Waals surface area contributed by atoms with Gasteiger partial charge in [-0.2, -0.15) is 9.97 Å². The van der Waals surface area contributed by atoms with Crippen molar-refractivity contribution >= 4 is 34.3 Å². The standard InChI is InChI=1S/C26H30ClN5O4/c1-25(2)35-19-17(12-33)34-23(20(19)36-25)32-14-28-18-21(29-24(27)30-22(18)32)31-13-26(10-6-3-7-11-26)15-8-4-5-9-16(15)31/h4-5,8-9,14,17,19-20,23,33H,3,6-7,10-13H2,1-2H3/t17-,19-,20-,23-/m1/s1. The predicted octanol–water partition coefficient (Wildman–Crippen LogP) is 4.24. The van der Waals surface area contributed by atoms with Gasteiger partial charge < -0.3 is 24.2 Å². The Morgan fingerprint density at radius 1 is 1.08 bits per heavy atom. The third kappa shape index (κ3) is 3.33. The van der Waals surface area contributed by atoms with Crippen LogP contribution in [0.3, 0.4) is 0 Å². The molecule has 3 aliphatic heterocycles. The lowest BCUT2D eigenvalue weighted by Crippen LogP contribution is -2.34. The maximum Gasteiger partial charge on any atom is 0.226 e. The topological polar surface area (TPSA) is 94.8 Å². The number of rotatable bonds is 3. The van der Waals surface area contributed by atoms with Gasteiger partial charge in [0.1, 0.15) is 18.3 Å². The fourth-order valence-electron chi connectivity index (χ4n) is 6.76. The molecule has 2 aromatic heterocycles. The quantitative estimate of drug-likeness (QED) is 0.522. The third-order valence-electron chi connectivity index (χ3n) is 8.25. The van der Waals surface area contributed by atoms with E-state index in [1.807, 2.05) is 18.4 Å². The van der Waals surface area contributed by atoms with Gasteiger partial charge in [0.05, 0.1) is 12.9 Å². The molecule has 1 spiro atoms. The molecular weight excluding hydrogens is 482 g/mol. The molecule has 2 saturated heterocycles. The second-order valence-electron chi connectivity index (χ2n) is 10.9. The molecule has 1 saturated carbocycles. The first-order chi connectivity index (χ1) is 17.4. The van der Waals surface area contributed by atoms with Crippen LogP contribution in [0.2, 0.25) is 5.28 Å². The number of para-hydroxylation sites is 1. The molecule has 36 heavy (non-hydrogen) atoms. The Kier molecular flexibility index (Phi) is 5.14. The van der Waals surface area contributed by atoms with Gasteiger partial charge in [-0.1, -0.05) is 37.5 Å². The van der Waals surface area contributed by atoms with Gasteiger partial charge in [0.25, 0.3) is 0 Å². The lowest BCUT2D eigenvalue weighted by atomic mass is 9.71. The van der Waals surface area contributed by atoms with Crippen molar-refractivity contribution in [3.05, 3.63) is 41.4 Å². The summed E-state index contributed by atoms with van der Waals surface area (Å²) in [7, 11) is 0. The number of fused-ring (bicyclic) bond motifs is 4. The van der Waals surface area contributed by atoms with Crippen LogP contribution in [0, 0.1) is 0 Å². The summed E-state index contributed by atoms with van der Waals surface area (Å²) in [5.74, 6) is -0.0668. The highest BCUT2D eigenvalue weighted by molar-refractivity contribution is 6.28. The van der Waals surface area contributed by atoms with Crippen molar-refractivity contribution < 1.29 is 19.3 Å². The molecule has 1 aliphatic carbocycles. The zero-order valence-corrected chi connectivity index (χ0v) is 21.2. The van der Waals surface area contributed by atoms with Gasteiger partial charge >= 0.3 is 0 Å². The number of halogens is 1. The number of hydrogen-bond acceptors (Lipinski definition) is 8. The van der Waals surface area contributed by atoms with Crippen LogP contribution in [0.1, 0.15) is 57.7 Å². The van der Waals surface area contributed by atoms with Gasteiger partial charge in [0.15, 0.2) is 29.0 Å². The summed E-state index contributed by atoms with van der Waals surface area (Å²) < 4.78 is 20.2. The molecule has 0 bridgehead atoms. The Labute approximate surface area is 214 Å². The summed E-state index contributed by atoms with van der Waals surface area (Å²) >= 11 is 6.53. The van der Waals surface area contributed by atoms with E-state index in [1.165, 1.54) is 37.7 Å². The van der Waals surface area contributed by atoms with Crippen LogP contribution in [-0.4, -0.2) is 61.9 Å². The maximum atomic E-state index is 9.92. The number of aromatic nitrogens is 4. The van der Waals surface area contributed by atoms with Gasteiger partial charge in [0.2, 0.25) is 5.28 Å². The normalized spacial score (nSPS) is 30.3. The molecule has 1 N–H and O–H groups in total. The highest BCUT2D eigenvalue weighted by atomic mass is 35.5. The fourth-order valence-corrected chi connectivity index (χ4v) is 6.92. The zero-order valence-electron chi connectivity index (χ0n) is 20.4. The number of nitrogens with zero attached hydrogens (tertiary/aromatic N) is 5. The Balaban J connectivity index is 1.32. The molecule has 4 aliphatic rings. The smallest absolute Gasteiger partial charge is 0.226 e. The minimum absolute atomic E-state index is 0.123. The van der Waals surface area contributed by atoms with E-state index in [1.54, 1.807) is 6.33 Å². The van der Waals surface area contributed by atoms with E-state index in [2.05, 4.69) is 39.1 Å². The Morgan fingerprint density at radius 2 is 1.86 bits per heavy atom. The second kappa shape index (κ2) is 8.10. The lowest BCUT2D eigenvalue weighted by Gasteiger charge is -2.34. The monoisotopic (exact) mass is 511 g/mol. The van der Waals surface area contributed by atoms with Gasteiger partial charge in [-0.15, -0.1) is 0 Å². The molecule has 10 heteroatoms. The lowest BCUT2D eigenvalue weighted by molar-refractivity contribution is -0.199. The summed E-state index contributed by atoms with van der Waals surface area (Å²) in [6.45, 7) is 4.42. The molecule has 190 valence electrons. The largest absolute Gasteiger partial charge is 0.394 e. The minimum atomic E-state index is -0.771. The van der Waals surface area contributed by atoms with E-state index < -0.39 is 24.2 Å². The number of aliphatic hydroxyl groups excluding tert-OH is 1. The first-order valence-corrected chi connectivity index (χ1v) is 13.2. The molecule has 0 amide bonds. The number of anilines is 2. The van der Waals surface area contributed by atoms with Crippen LogP contribution in [0.15, 0.2) is 30.6 Å². The number of imidazole rings is 1. The van der Waals surface area contributed by atoms with Gasteiger partial charge in [-0.05, 0) is 49.9 Å². The highest BCUT2D eigenvalue weighted by Crippen LogP contribution is 2.52. The summed E-state index contributed by atoms with van der Waals surface area (Å²) in [4.78, 5) is 16.3. The highest BCUT2D eigenvalue weighted by Gasteiger charge is 2.56. The molecule has 7 rings (SSSR count). The number of aliphatic hydroxyl groups is 1. The zero-order chi connectivity index (χ0) is 24.7. The van der Waals surface area contributed by atoms with Crippen molar-refractivity contribution in [2.24, 2.45) is 0 Å². The third-order valence-corrected chi connectivity index (χ3v) is 8.42. The van der Waals surface area contributed by atoms with Crippen LogP contribution in [0.4, 0.5) is 11.5 Å². The minimum Gasteiger partial charge on any atom is -0.394 e. The number of benzene rings is 1. The van der Waals surface area contributed by atoms with Gasteiger partial charge in [0, 0.05) is 17.6 Å². The summed E-state index contributed by atoms with van der Waals surface area (Å²) in [5.41, 5.74) is 3.91. The van der Waals surface area contributed by atoms with E-state index in [4.69, 9.17) is 30.8 Å². The average molecular weight is 512 g/mol. The molecule has 1 aromatic carbocycles. The Morgan fingerprint density at radius 3 is 2.67 bits per heavy atom. The molecule has 3 aromatic rings. The van der Waals surface area contributed by atoms with Crippen molar-refractivity contribution in [1.82, 2.24) is 19.5 Å². The van der Waals surface area contributed by atoms with E-state index in [-0.39, 0.29) is 23.4 Å². The fraction of sp³-hybridized carbons (Fsp3) is 0.577. The molecule has 4 atom stereocenters. The number of ether oxygens (including phenoxy) is 3. The van der Waals surface area contributed by atoms with Crippen LogP contribution < -0.4 is 4.90 Å². The predicted molar refractivity (Wildman–Crippen MR) is 133 cm³/mol. The average Bonchev–Trinajstić information content (AvgIpc) is 3.59. The molecular formula is C26H30ClN5O4. The van der Waals surface area contributed by atoms with Crippen molar-refractivity contribution in [2.75, 3.05) is 18.1 Å². The molecule has 0 radical (unpaired) electrons. The van der Waals surface area contributed by atoms with Crippen molar-refractivity contribution in [3.63, 3.8) is 0 Å². The summed E-state index contributed by atoms with van der Waals surface area (Å²) in [5, 5.41) is 10.1. The van der Waals surface area contributed by atoms with E-state index in [0.29, 0.717) is 17.0 Å². The van der Waals surface area contributed by atoms with Crippen molar-refractivity contribution in [3.8, 4) is 0 Å². The van der Waals surface area contributed by atoms with Crippen molar-refractivity contribution in [2.45, 2.75) is 81.7 Å². The summed E-state index contributed by atoms with van der Waals surface area (Å²) in [6.07, 6.45) is 5.95. The van der Waals surface area contributed by atoms with Crippen LogP contribution in [-0.2, 0) is 19.6 Å². The van der Waals surface area contributed by atoms with E-state index in [9.17, 15) is 5.11 Å². The molecule has 5 heterocycles. The van der Waals surface area contributed by atoms with Crippen molar-refractivity contribution in [1.29, 1.82) is 0 Å². The second-order valence-corrected chi connectivity index (χ2v) is 11.2. The van der Waals surface area contributed by atoms with E-state index in [0.717, 1.165) is 12.2 Å². The SMILES string of the molecule is CC1(C)O[C@@H]2[C@H](O1)[C@@H](CO)O[C@H]2n1cnc2c(N3CC4(CCCCC4)c4ccccc43)nc(Cl)nc21.